The molecule has 0 spiro atoms. The van der Waals surface area contributed by atoms with Gasteiger partial charge in [-0.2, -0.15) is 0 Å². The summed E-state index contributed by atoms with van der Waals surface area (Å²) >= 11 is 0. The number of pyridine rings is 1. The summed E-state index contributed by atoms with van der Waals surface area (Å²) in [5, 5.41) is 3.68. The zero-order valence-electron chi connectivity index (χ0n) is 27.1. The van der Waals surface area contributed by atoms with Crippen LogP contribution >= 0.6 is 0 Å². The van der Waals surface area contributed by atoms with Gasteiger partial charge in [-0.15, -0.1) is 6.58 Å². The Balaban J connectivity index is 0.000000538. The first-order valence-electron chi connectivity index (χ1n) is 15.9. The first kappa shape index (κ1) is 34.9. The Labute approximate surface area is 242 Å². The van der Waals surface area contributed by atoms with Gasteiger partial charge in [0.25, 0.3) is 0 Å². The number of nitrogens with one attached hydrogen (secondary N) is 1. The fourth-order valence-corrected chi connectivity index (χ4v) is 4.89. The van der Waals surface area contributed by atoms with Crippen molar-refractivity contribution in [2.75, 3.05) is 32.0 Å². The second kappa shape index (κ2) is 19.9. The van der Waals surface area contributed by atoms with Crippen LogP contribution < -0.4 is 5.32 Å². The van der Waals surface area contributed by atoms with E-state index in [1.165, 1.54) is 91.7 Å². The van der Waals surface area contributed by atoms with Crippen molar-refractivity contribution in [1.29, 1.82) is 0 Å². The molecule has 3 heteroatoms. The van der Waals surface area contributed by atoms with Crippen LogP contribution in [0, 0.1) is 18.8 Å². The Morgan fingerprint density at radius 2 is 1.64 bits per heavy atom. The molecule has 0 saturated carbocycles. The maximum atomic E-state index is 4.79. The molecule has 1 saturated heterocycles. The molecule has 0 unspecified atom stereocenters. The van der Waals surface area contributed by atoms with Gasteiger partial charge < -0.3 is 10.2 Å². The second-order valence-corrected chi connectivity index (χ2v) is 11.6. The van der Waals surface area contributed by atoms with Crippen molar-refractivity contribution in [3.05, 3.63) is 59.4 Å². The van der Waals surface area contributed by atoms with E-state index in [2.05, 4.69) is 97.4 Å². The molecule has 1 aromatic carbocycles. The first-order chi connectivity index (χ1) is 18.8. The summed E-state index contributed by atoms with van der Waals surface area (Å²) in [5.74, 6) is 1.66. The van der Waals surface area contributed by atoms with Crippen LogP contribution in [0.25, 0.3) is 11.1 Å². The van der Waals surface area contributed by atoms with Crippen molar-refractivity contribution in [2.45, 2.75) is 113 Å². The highest BCUT2D eigenvalue weighted by atomic mass is 15.1. The van der Waals surface area contributed by atoms with Crippen molar-refractivity contribution in [1.82, 2.24) is 9.88 Å². The number of aryl methyl sites for hydroxylation is 1. The van der Waals surface area contributed by atoms with Crippen molar-refractivity contribution in [3.8, 4) is 11.1 Å². The number of likely N-dealkylation sites (tertiary alicyclic amines) is 1. The van der Waals surface area contributed by atoms with Crippen molar-refractivity contribution < 1.29 is 0 Å². The molecule has 3 nitrogen and oxygen atoms in total. The second-order valence-electron chi connectivity index (χ2n) is 11.6. The highest BCUT2D eigenvalue weighted by Gasteiger charge is 2.22. The van der Waals surface area contributed by atoms with E-state index in [1.807, 2.05) is 12.3 Å². The van der Waals surface area contributed by atoms with E-state index >= 15 is 0 Å². The number of aromatic nitrogens is 1. The van der Waals surface area contributed by atoms with Gasteiger partial charge in [-0.05, 0) is 119 Å². The Morgan fingerprint density at radius 1 is 1.03 bits per heavy atom. The molecule has 39 heavy (non-hydrogen) atoms. The van der Waals surface area contributed by atoms with Gasteiger partial charge in [0.1, 0.15) is 0 Å². The highest BCUT2D eigenvalue weighted by Crippen LogP contribution is 2.39. The van der Waals surface area contributed by atoms with Gasteiger partial charge in [0.15, 0.2) is 0 Å². The molecule has 1 aromatic heterocycles. The first-order valence-corrected chi connectivity index (χ1v) is 15.9. The van der Waals surface area contributed by atoms with E-state index in [0.29, 0.717) is 0 Å². The predicted octanol–water partition coefficient (Wildman–Crippen LogP) is 9.91. The lowest BCUT2D eigenvalue weighted by molar-refractivity contribution is 0.218. The summed E-state index contributed by atoms with van der Waals surface area (Å²) in [5.41, 5.74) is 9.83. The molecule has 1 aliphatic heterocycles. The normalized spacial score (nSPS) is 14.7. The lowest BCUT2D eigenvalue weighted by Crippen LogP contribution is -2.31. The predicted molar refractivity (Wildman–Crippen MR) is 176 cm³/mol. The van der Waals surface area contributed by atoms with Crippen LogP contribution in [0.4, 0.5) is 5.69 Å². The Hall–Kier alpha value is -2.13. The zero-order chi connectivity index (χ0) is 29.2. The Morgan fingerprint density at radius 3 is 2.18 bits per heavy atom. The third-order valence-electron chi connectivity index (χ3n) is 7.66. The Kier molecular flexibility index (Phi) is 17.8. The molecule has 2 aliphatic rings. The van der Waals surface area contributed by atoms with E-state index in [9.17, 15) is 0 Å². The van der Waals surface area contributed by atoms with Crippen LogP contribution in [0.1, 0.15) is 109 Å². The van der Waals surface area contributed by atoms with E-state index in [0.717, 1.165) is 31.2 Å². The van der Waals surface area contributed by atoms with Crippen LogP contribution in [-0.4, -0.2) is 36.6 Å². The number of benzene rings is 1. The van der Waals surface area contributed by atoms with Gasteiger partial charge in [-0.3, -0.25) is 4.98 Å². The fourth-order valence-electron chi connectivity index (χ4n) is 4.89. The molecule has 0 atom stereocenters. The van der Waals surface area contributed by atoms with E-state index in [1.54, 1.807) is 5.56 Å². The summed E-state index contributed by atoms with van der Waals surface area (Å²) in [6.07, 6.45) is 15.0. The Bertz CT molecular complexity index is 939. The minimum Gasteiger partial charge on any atom is -0.385 e. The highest BCUT2D eigenvalue weighted by molar-refractivity contribution is 5.83. The molecule has 2 heterocycles. The average molecular weight is 536 g/mol. The number of anilines is 1. The van der Waals surface area contributed by atoms with Gasteiger partial charge in [-0.1, -0.05) is 72.6 Å². The molecule has 1 aliphatic carbocycles. The van der Waals surface area contributed by atoms with Gasteiger partial charge in [0.2, 0.25) is 0 Å². The lowest BCUT2D eigenvalue weighted by atomic mass is 9.88. The van der Waals surface area contributed by atoms with Crippen molar-refractivity contribution >= 4 is 5.69 Å². The monoisotopic (exact) mass is 535 g/mol. The standard InChI is InChI=1S/C24H33N3.C5H12.C4H8.C3H8/c1-4-25-24-21-7-5-6-19(21)8-9-22(24)20-10-13-26-23(17(20)2)16-18-11-14-27(3)15-12-18;1-4-5(2)3;1-3-4-2;1-3-2/h8-10,13,18,25H,4-7,11-12,14-16H2,1-3H3;5H,4H2,1-3H3;3H,1,4H2,2H3;3H2,1-2H3. The third-order valence-corrected chi connectivity index (χ3v) is 7.66. The molecule has 2 aromatic rings. The van der Waals surface area contributed by atoms with Gasteiger partial charge >= 0.3 is 0 Å². The number of piperidine rings is 1. The third kappa shape index (κ3) is 11.9. The molecule has 1 fully saturated rings. The largest absolute Gasteiger partial charge is 0.385 e. The number of fused-ring (bicyclic) bond motifs is 1. The SMILES string of the molecule is C=CCC.CCC.CCC(C)C.CCNc1c(-c2ccnc(CC3CCN(C)CC3)c2C)ccc2c1CCC2. The molecule has 0 bridgehead atoms. The summed E-state index contributed by atoms with van der Waals surface area (Å²) in [6.45, 7) is 24.3. The quantitative estimate of drug-likeness (QED) is 0.358. The van der Waals surface area contributed by atoms with Crippen LogP contribution in [0.2, 0.25) is 0 Å². The number of hydrogen-bond donors (Lipinski definition) is 1. The summed E-state index contributed by atoms with van der Waals surface area (Å²) in [7, 11) is 2.23. The van der Waals surface area contributed by atoms with Gasteiger partial charge in [0.05, 0.1) is 0 Å². The van der Waals surface area contributed by atoms with Crippen LogP contribution in [-0.2, 0) is 19.3 Å². The maximum Gasteiger partial charge on any atom is 0.0455 e. The van der Waals surface area contributed by atoms with Crippen molar-refractivity contribution in [2.24, 2.45) is 11.8 Å². The number of nitrogens with zero attached hydrogens (tertiary/aromatic N) is 2. The smallest absolute Gasteiger partial charge is 0.0455 e. The molecule has 4 rings (SSSR count). The molecule has 1 N–H and O–H groups in total. The molecule has 0 radical (unpaired) electrons. The average Bonchev–Trinajstić information content (AvgIpc) is 3.42. The fraction of sp³-hybridized carbons (Fsp3) is 0.639. The van der Waals surface area contributed by atoms with Gasteiger partial charge in [-0.25, -0.2) is 0 Å². The molecule has 220 valence electrons. The summed E-state index contributed by atoms with van der Waals surface area (Å²) < 4.78 is 0. The van der Waals surface area contributed by atoms with Crippen molar-refractivity contribution in [3.63, 3.8) is 0 Å². The van der Waals surface area contributed by atoms with E-state index in [-0.39, 0.29) is 0 Å². The van der Waals surface area contributed by atoms with Gasteiger partial charge in [0, 0.05) is 29.7 Å². The topological polar surface area (TPSA) is 28.2 Å². The lowest BCUT2D eigenvalue weighted by Gasteiger charge is -2.29. The maximum absolute atomic E-state index is 4.79. The van der Waals surface area contributed by atoms with Crippen LogP contribution in [0.5, 0.6) is 0 Å². The number of hydrogen-bond acceptors (Lipinski definition) is 3. The van der Waals surface area contributed by atoms with E-state index < -0.39 is 0 Å². The number of allylic oxidation sites excluding steroid dienone is 1. The van der Waals surface area contributed by atoms with Crippen LogP contribution in [0.15, 0.2) is 37.1 Å². The minimum absolute atomic E-state index is 0.774. The molecular weight excluding hydrogens is 474 g/mol. The summed E-state index contributed by atoms with van der Waals surface area (Å²) in [6, 6.07) is 6.91. The summed E-state index contributed by atoms with van der Waals surface area (Å²) in [4.78, 5) is 7.24. The molecule has 0 amide bonds. The molecular formula is C36H61N3. The minimum atomic E-state index is 0.774. The van der Waals surface area contributed by atoms with E-state index in [4.69, 9.17) is 4.98 Å². The number of rotatable bonds is 7. The zero-order valence-corrected chi connectivity index (χ0v) is 27.1. The van der Waals surface area contributed by atoms with Crippen LogP contribution in [0.3, 0.4) is 0 Å².